The standard InChI is InChI=1S/C69H75BN2S/c1-40-32-57-60-58(33-40)72(55-23-19-21-41-20-17-18-22-44(41)55)56-39-53-52(68(13,14)50-36-48-49(37-51(50)69(53,15)16)67(11,12)31-30-66(48,9)10)38-54(56)70(60)62-61(45-34-42(63(2,3)4)24-27-59(45)73-62)71(57)43-25-26-46-47(35-43)65(7,8)29-28-64(46,5)6/h17-27,32-39H,28-31H2,1-16H3. The maximum atomic E-state index is 2.73. The van der Waals surface area contributed by atoms with E-state index < -0.39 is 0 Å². The molecule has 0 atom stereocenters. The van der Waals surface area contributed by atoms with Gasteiger partial charge in [0, 0.05) is 53.8 Å². The molecular weight excluding hydrogens is 900 g/mol. The lowest BCUT2D eigenvalue weighted by molar-refractivity contribution is 0.329. The summed E-state index contributed by atoms with van der Waals surface area (Å²) in [6.45, 7) is 39.4. The zero-order valence-electron chi connectivity index (χ0n) is 46.7. The number of thiophene rings is 1. The van der Waals surface area contributed by atoms with E-state index in [4.69, 9.17) is 0 Å². The quantitative estimate of drug-likeness (QED) is 0.159. The first-order valence-corrected chi connectivity index (χ1v) is 28.4. The van der Waals surface area contributed by atoms with E-state index in [-0.39, 0.29) is 44.6 Å². The number of anilines is 6. The summed E-state index contributed by atoms with van der Waals surface area (Å²) in [6, 6.07) is 46.8. The Morgan fingerprint density at radius 3 is 1.64 bits per heavy atom. The molecule has 2 nitrogen and oxygen atoms in total. The first-order valence-electron chi connectivity index (χ1n) is 27.5. The smallest absolute Gasteiger partial charge is 0.264 e. The first-order chi connectivity index (χ1) is 34.2. The lowest BCUT2D eigenvalue weighted by Gasteiger charge is -2.50. The molecule has 1 aromatic heterocycles. The van der Waals surface area contributed by atoms with Crippen molar-refractivity contribution in [3.05, 3.63) is 171 Å². The minimum atomic E-state index is -0.241. The van der Waals surface area contributed by atoms with Gasteiger partial charge in [-0.2, -0.15) is 0 Å². The van der Waals surface area contributed by atoms with Crippen LogP contribution in [0.3, 0.4) is 0 Å². The Bertz CT molecular complexity index is 3710. The Morgan fingerprint density at radius 1 is 0.466 bits per heavy atom. The molecule has 7 aromatic carbocycles. The lowest BCUT2D eigenvalue weighted by Crippen LogP contribution is -2.61. The van der Waals surface area contributed by atoms with Crippen LogP contribution in [0.1, 0.15) is 185 Å². The third-order valence-corrected chi connectivity index (χ3v) is 20.8. The van der Waals surface area contributed by atoms with Gasteiger partial charge in [-0.3, -0.25) is 0 Å². The highest BCUT2D eigenvalue weighted by Crippen LogP contribution is 2.58. The van der Waals surface area contributed by atoms with E-state index >= 15 is 0 Å². The fourth-order valence-corrected chi connectivity index (χ4v) is 16.0. The van der Waals surface area contributed by atoms with E-state index in [1.54, 1.807) is 11.1 Å². The number of aryl methyl sites for hydroxylation is 1. The largest absolute Gasteiger partial charge is 0.311 e. The summed E-state index contributed by atoms with van der Waals surface area (Å²) in [4.78, 5) is 5.42. The predicted octanol–water partition coefficient (Wildman–Crippen LogP) is 17.4. The minimum Gasteiger partial charge on any atom is -0.311 e. The fourth-order valence-electron chi connectivity index (χ4n) is 14.7. The molecule has 8 aromatic rings. The summed E-state index contributed by atoms with van der Waals surface area (Å²) < 4.78 is 2.80. The predicted molar refractivity (Wildman–Crippen MR) is 318 cm³/mol. The maximum absolute atomic E-state index is 2.73. The van der Waals surface area contributed by atoms with E-state index in [2.05, 4.69) is 236 Å². The van der Waals surface area contributed by atoms with Crippen LogP contribution < -0.4 is 25.5 Å². The normalized spacial score (nSPS) is 19.9. The number of fused-ring (bicyclic) bond motifs is 11. The van der Waals surface area contributed by atoms with Crippen molar-refractivity contribution in [2.24, 2.45) is 0 Å². The van der Waals surface area contributed by atoms with Crippen molar-refractivity contribution in [3.63, 3.8) is 0 Å². The van der Waals surface area contributed by atoms with Gasteiger partial charge in [-0.25, -0.2) is 0 Å². The third kappa shape index (κ3) is 6.53. The Hall–Kier alpha value is -5.58. The fraction of sp³-hybridized carbons (Fsp3) is 0.391. The summed E-state index contributed by atoms with van der Waals surface area (Å²) in [5.41, 5.74) is 25.2. The SMILES string of the molecule is Cc1cc2c3c(c1)N(c1ccc4c(c1)C(C)(C)CCC4(C)C)c1c(sc4ccc(C(C)(C)C)cc14)B3c1cc3c(cc1N2c1cccc2ccccc12)C(C)(C)c1cc2c(cc1C3(C)C)C(C)(C)CCC2(C)C. The molecule has 0 saturated carbocycles. The molecular formula is C69H75BN2S. The van der Waals surface area contributed by atoms with Crippen LogP contribution >= 0.6 is 11.3 Å². The van der Waals surface area contributed by atoms with Crippen molar-refractivity contribution >= 4 is 88.7 Å². The Morgan fingerprint density at radius 2 is 1.01 bits per heavy atom. The van der Waals surface area contributed by atoms with Gasteiger partial charge in [0.05, 0.1) is 11.4 Å². The van der Waals surface area contributed by atoms with Crippen molar-refractivity contribution in [2.75, 3.05) is 9.80 Å². The summed E-state index contributed by atoms with van der Waals surface area (Å²) >= 11 is 2.03. The molecule has 0 spiro atoms. The van der Waals surface area contributed by atoms with Crippen molar-refractivity contribution < 1.29 is 0 Å². The zero-order chi connectivity index (χ0) is 51.5. The molecule has 3 aliphatic carbocycles. The Balaban J connectivity index is 1.15. The van der Waals surface area contributed by atoms with Crippen molar-refractivity contribution in [1.82, 2.24) is 0 Å². The maximum Gasteiger partial charge on any atom is 0.264 e. The van der Waals surface area contributed by atoms with Gasteiger partial charge < -0.3 is 9.80 Å². The molecule has 0 N–H and O–H groups in total. The highest BCUT2D eigenvalue weighted by Gasteiger charge is 2.51. The van der Waals surface area contributed by atoms with Crippen LogP contribution in [0.2, 0.25) is 0 Å². The molecule has 3 heterocycles. The van der Waals surface area contributed by atoms with Gasteiger partial charge in [-0.15, -0.1) is 11.3 Å². The molecule has 0 amide bonds. The summed E-state index contributed by atoms with van der Waals surface area (Å²) in [7, 11) is 0. The molecule has 0 unspecified atom stereocenters. The van der Waals surface area contributed by atoms with Crippen molar-refractivity contribution in [2.45, 2.75) is 174 Å². The molecule has 0 bridgehead atoms. The number of hydrogen-bond acceptors (Lipinski definition) is 3. The van der Waals surface area contributed by atoms with Gasteiger partial charge in [0.1, 0.15) is 0 Å². The monoisotopic (exact) mass is 975 g/mol. The summed E-state index contributed by atoms with van der Waals surface area (Å²) in [5, 5.41) is 3.89. The number of rotatable bonds is 2. The molecule has 2 aliphatic heterocycles. The van der Waals surface area contributed by atoms with Gasteiger partial charge in [0.2, 0.25) is 0 Å². The van der Waals surface area contributed by atoms with Crippen LogP contribution in [0, 0.1) is 6.92 Å². The molecule has 4 heteroatoms. The van der Waals surface area contributed by atoms with Crippen LogP contribution in [0.4, 0.5) is 34.1 Å². The average Bonchev–Trinajstić information content (AvgIpc) is 3.73. The number of benzene rings is 7. The molecule has 73 heavy (non-hydrogen) atoms. The van der Waals surface area contributed by atoms with Gasteiger partial charge in [-0.05, 0) is 180 Å². The van der Waals surface area contributed by atoms with Crippen LogP contribution in [-0.4, -0.2) is 6.71 Å². The second-order valence-electron chi connectivity index (χ2n) is 28.0. The highest BCUT2D eigenvalue weighted by atomic mass is 32.1. The molecule has 13 rings (SSSR count). The minimum absolute atomic E-state index is 0.0000504. The van der Waals surface area contributed by atoms with Gasteiger partial charge >= 0.3 is 0 Å². The van der Waals surface area contributed by atoms with Crippen LogP contribution in [-0.2, 0) is 37.9 Å². The van der Waals surface area contributed by atoms with E-state index in [1.807, 2.05) is 11.3 Å². The third-order valence-electron chi connectivity index (χ3n) is 19.6. The summed E-state index contributed by atoms with van der Waals surface area (Å²) in [5.74, 6) is 0. The lowest BCUT2D eigenvalue weighted by atomic mass is 9.35. The number of nitrogens with zero attached hydrogens (tertiary/aromatic N) is 2. The summed E-state index contributed by atoms with van der Waals surface area (Å²) in [6.07, 6.45) is 4.79. The average molecular weight is 975 g/mol. The van der Waals surface area contributed by atoms with E-state index in [9.17, 15) is 0 Å². The van der Waals surface area contributed by atoms with Gasteiger partial charge in [0.15, 0.2) is 0 Å². The van der Waals surface area contributed by atoms with Crippen molar-refractivity contribution in [1.29, 1.82) is 0 Å². The highest BCUT2D eigenvalue weighted by molar-refractivity contribution is 7.33. The molecule has 370 valence electrons. The molecule has 0 radical (unpaired) electrons. The molecule has 0 saturated heterocycles. The molecule has 5 aliphatic rings. The second-order valence-corrected chi connectivity index (χ2v) is 29.1. The Kier molecular flexibility index (Phi) is 9.59. The van der Waals surface area contributed by atoms with Crippen LogP contribution in [0.25, 0.3) is 20.9 Å². The van der Waals surface area contributed by atoms with Gasteiger partial charge in [-0.1, -0.05) is 171 Å². The zero-order valence-corrected chi connectivity index (χ0v) is 47.5. The topological polar surface area (TPSA) is 6.48 Å². The van der Waals surface area contributed by atoms with Crippen LogP contribution in [0.5, 0.6) is 0 Å². The van der Waals surface area contributed by atoms with Crippen LogP contribution in [0.15, 0.2) is 115 Å². The van der Waals surface area contributed by atoms with E-state index in [1.165, 1.54) is 141 Å². The van der Waals surface area contributed by atoms with E-state index in [0.717, 1.165) is 0 Å². The second kappa shape index (κ2) is 14.8. The van der Waals surface area contributed by atoms with Gasteiger partial charge in [0.25, 0.3) is 6.71 Å². The van der Waals surface area contributed by atoms with E-state index in [0.29, 0.717) is 0 Å². The Labute approximate surface area is 441 Å². The first kappa shape index (κ1) is 47.2. The number of hydrogen-bond donors (Lipinski definition) is 0. The molecule has 0 fully saturated rings. The van der Waals surface area contributed by atoms with Crippen molar-refractivity contribution in [3.8, 4) is 0 Å².